The van der Waals surface area contributed by atoms with E-state index in [2.05, 4.69) is 99.8 Å². The van der Waals surface area contributed by atoms with Crippen LogP contribution in [0.4, 0.5) is 0 Å². The van der Waals surface area contributed by atoms with Gasteiger partial charge in [0.05, 0.1) is 0 Å². The molecule has 0 saturated heterocycles. The molecule has 0 aromatic rings. The zero-order valence-corrected chi connectivity index (χ0v) is 43.4. The first-order valence-electron chi connectivity index (χ1n) is 27.5. The Bertz CT molecular complexity index is 1390. The van der Waals surface area contributed by atoms with Gasteiger partial charge in [-0.3, -0.25) is 14.4 Å². The van der Waals surface area contributed by atoms with E-state index in [-0.39, 0.29) is 37.5 Å². The van der Waals surface area contributed by atoms with Crippen molar-refractivity contribution in [1.82, 2.24) is 0 Å². The minimum absolute atomic E-state index is 0.117. The molecule has 0 fully saturated rings. The van der Waals surface area contributed by atoms with Gasteiger partial charge in [0.25, 0.3) is 0 Å². The van der Waals surface area contributed by atoms with Crippen molar-refractivity contribution in [2.45, 2.75) is 245 Å². The van der Waals surface area contributed by atoms with Gasteiger partial charge in [-0.1, -0.05) is 246 Å². The fourth-order valence-corrected chi connectivity index (χ4v) is 7.22. The van der Waals surface area contributed by atoms with Crippen molar-refractivity contribution >= 4 is 17.9 Å². The third kappa shape index (κ3) is 52.9. The highest BCUT2D eigenvalue weighted by Crippen LogP contribution is 2.13. The summed E-state index contributed by atoms with van der Waals surface area (Å²) in [5.74, 6) is -1.03. The fourth-order valence-electron chi connectivity index (χ4n) is 7.22. The van der Waals surface area contributed by atoms with Gasteiger partial charge in [0, 0.05) is 19.3 Å². The minimum Gasteiger partial charge on any atom is -0.462 e. The number of carbonyl (C=O) groups is 3. The van der Waals surface area contributed by atoms with Crippen LogP contribution in [0.2, 0.25) is 0 Å². The van der Waals surface area contributed by atoms with Gasteiger partial charge in [0.15, 0.2) is 6.10 Å². The molecule has 0 aromatic carbocycles. The molecule has 0 N–H and O–H groups in total. The Morgan fingerprint density at radius 1 is 0.313 bits per heavy atom. The zero-order chi connectivity index (χ0) is 48.6. The van der Waals surface area contributed by atoms with Crippen LogP contribution in [0.5, 0.6) is 0 Å². The first-order valence-corrected chi connectivity index (χ1v) is 27.5. The van der Waals surface area contributed by atoms with E-state index in [4.69, 9.17) is 14.2 Å². The van der Waals surface area contributed by atoms with Crippen LogP contribution in [0.1, 0.15) is 239 Å². The van der Waals surface area contributed by atoms with Crippen LogP contribution >= 0.6 is 0 Å². The normalized spacial score (nSPS) is 12.9. The summed E-state index contributed by atoms with van der Waals surface area (Å²) < 4.78 is 16.7. The Kier molecular flexibility index (Phi) is 51.5. The number of carbonyl (C=O) groups excluding carboxylic acids is 3. The second-order valence-corrected chi connectivity index (χ2v) is 17.9. The van der Waals surface area contributed by atoms with Crippen LogP contribution in [-0.4, -0.2) is 37.2 Å². The average molecular weight is 929 g/mol. The lowest BCUT2D eigenvalue weighted by Gasteiger charge is -2.18. The Morgan fingerprint density at radius 2 is 0.657 bits per heavy atom. The van der Waals surface area contributed by atoms with Crippen molar-refractivity contribution < 1.29 is 28.6 Å². The molecule has 0 aromatic heterocycles. The zero-order valence-electron chi connectivity index (χ0n) is 43.4. The number of unbranched alkanes of at least 4 members (excludes halogenated alkanes) is 24. The molecule has 0 rings (SSSR count). The van der Waals surface area contributed by atoms with Gasteiger partial charge < -0.3 is 14.2 Å². The molecule has 6 heteroatoms. The van der Waals surface area contributed by atoms with Gasteiger partial charge in [0.1, 0.15) is 13.2 Å². The summed E-state index contributed by atoms with van der Waals surface area (Å²) >= 11 is 0. The molecule has 0 bridgehead atoms. The van der Waals surface area contributed by atoms with Gasteiger partial charge in [0.2, 0.25) is 0 Å². The lowest BCUT2D eigenvalue weighted by molar-refractivity contribution is -0.166. The summed E-state index contributed by atoms with van der Waals surface area (Å²) in [5.41, 5.74) is 0. The Balaban J connectivity index is 4.53. The summed E-state index contributed by atoms with van der Waals surface area (Å²) in [6, 6.07) is 0. The highest BCUT2D eigenvalue weighted by Gasteiger charge is 2.19. The largest absolute Gasteiger partial charge is 0.462 e. The Morgan fingerprint density at radius 3 is 1.12 bits per heavy atom. The number of rotatable bonds is 48. The van der Waals surface area contributed by atoms with E-state index in [0.717, 1.165) is 96.3 Å². The lowest BCUT2D eigenvalue weighted by atomic mass is 10.1. The molecular formula is C61H100O6. The highest BCUT2D eigenvalue weighted by atomic mass is 16.6. The number of hydrogen-bond donors (Lipinski definition) is 0. The maximum absolute atomic E-state index is 12.8. The highest BCUT2D eigenvalue weighted by molar-refractivity contribution is 5.71. The predicted octanol–water partition coefficient (Wildman–Crippen LogP) is 18.3. The van der Waals surface area contributed by atoms with Crippen molar-refractivity contribution in [3.05, 3.63) is 109 Å². The molecule has 0 spiro atoms. The predicted molar refractivity (Wildman–Crippen MR) is 288 cm³/mol. The molecule has 0 saturated carbocycles. The molecular weight excluding hydrogens is 829 g/mol. The summed E-state index contributed by atoms with van der Waals surface area (Å²) in [5, 5.41) is 0. The van der Waals surface area contributed by atoms with Crippen LogP contribution in [-0.2, 0) is 28.6 Å². The van der Waals surface area contributed by atoms with Crippen LogP contribution in [0.15, 0.2) is 109 Å². The Labute approximate surface area is 412 Å². The fraction of sp³-hybridized carbons (Fsp3) is 0.656. The first kappa shape index (κ1) is 63.1. The molecule has 0 amide bonds. The average Bonchev–Trinajstić information content (AvgIpc) is 3.33. The maximum Gasteiger partial charge on any atom is 0.306 e. The quantitative estimate of drug-likeness (QED) is 0.0199. The van der Waals surface area contributed by atoms with E-state index in [9.17, 15) is 14.4 Å². The van der Waals surface area contributed by atoms with Crippen molar-refractivity contribution in [3.8, 4) is 0 Å². The van der Waals surface area contributed by atoms with E-state index in [1.807, 2.05) is 30.4 Å². The van der Waals surface area contributed by atoms with Gasteiger partial charge in [-0.2, -0.15) is 0 Å². The van der Waals surface area contributed by atoms with Crippen LogP contribution in [0.25, 0.3) is 0 Å². The Hall–Kier alpha value is -3.93. The van der Waals surface area contributed by atoms with Crippen LogP contribution in [0, 0.1) is 0 Å². The molecule has 1 atom stereocenters. The minimum atomic E-state index is -0.822. The number of hydrogen-bond acceptors (Lipinski definition) is 6. The van der Waals surface area contributed by atoms with Crippen molar-refractivity contribution in [2.75, 3.05) is 13.2 Å². The smallest absolute Gasteiger partial charge is 0.306 e. The SMILES string of the molecule is CCC\C=C/C=C\C=C/C=C\C=C/CCCCCCCC(=O)OCC(COC(=O)CC/C=C\C/C=C\CCCCCCCC)OC(=O)CCCCCCC/C=C\C=C/CCCCCCCCC. The van der Waals surface area contributed by atoms with Gasteiger partial charge >= 0.3 is 17.9 Å². The standard InChI is InChI=1S/C61H100O6/c1-4-7-10-13-16-19-22-25-27-29-31-33-36-39-42-45-48-51-54-60(63)66-57-58(56-65-59(62)53-50-47-44-41-38-35-24-21-18-15-12-9-6-3)67-61(64)55-52-49-46-43-40-37-34-32-30-28-26-23-20-17-14-11-8-5-2/h10,13,16,19,22,25,27-35,38,44,47,58H,4-9,11-12,14-15,17-18,20-21,23-24,26,36-37,39-43,45-46,48-57H2,1-3H3/b13-10-,19-16-,25-22-,29-27-,30-28-,33-31-,34-32-,38-35-,47-44-. The molecule has 67 heavy (non-hydrogen) atoms. The monoisotopic (exact) mass is 929 g/mol. The summed E-state index contributed by atoms with van der Waals surface area (Å²) in [7, 11) is 0. The van der Waals surface area contributed by atoms with E-state index in [1.165, 1.54) is 96.3 Å². The van der Waals surface area contributed by atoms with E-state index in [1.54, 1.807) is 0 Å². The third-order valence-corrected chi connectivity index (χ3v) is 11.4. The molecule has 0 heterocycles. The van der Waals surface area contributed by atoms with Crippen molar-refractivity contribution in [3.63, 3.8) is 0 Å². The van der Waals surface area contributed by atoms with E-state index in [0.29, 0.717) is 19.3 Å². The summed E-state index contributed by atoms with van der Waals surface area (Å²) in [4.78, 5) is 38.0. The van der Waals surface area contributed by atoms with Crippen molar-refractivity contribution in [1.29, 1.82) is 0 Å². The lowest BCUT2D eigenvalue weighted by Crippen LogP contribution is -2.30. The first-order chi connectivity index (χ1) is 33.0. The van der Waals surface area contributed by atoms with Crippen LogP contribution in [0.3, 0.4) is 0 Å². The third-order valence-electron chi connectivity index (χ3n) is 11.4. The number of allylic oxidation sites excluding steroid dienone is 18. The molecule has 0 aliphatic heterocycles. The molecule has 0 aliphatic carbocycles. The molecule has 0 aliphatic rings. The number of ether oxygens (including phenoxy) is 3. The molecule has 0 radical (unpaired) electrons. The maximum atomic E-state index is 12.8. The van der Waals surface area contributed by atoms with Gasteiger partial charge in [-0.25, -0.2) is 0 Å². The van der Waals surface area contributed by atoms with Crippen LogP contribution < -0.4 is 0 Å². The molecule has 380 valence electrons. The molecule has 1 unspecified atom stereocenters. The second-order valence-electron chi connectivity index (χ2n) is 17.9. The second kappa shape index (κ2) is 54.7. The van der Waals surface area contributed by atoms with E-state index >= 15 is 0 Å². The van der Waals surface area contributed by atoms with Crippen molar-refractivity contribution in [2.24, 2.45) is 0 Å². The summed E-state index contributed by atoms with van der Waals surface area (Å²) in [6.07, 6.45) is 73.6. The van der Waals surface area contributed by atoms with Gasteiger partial charge in [-0.15, -0.1) is 0 Å². The number of esters is 3. The summed E-state index contributed by atoms with van der Waals surface area (Å²) in [6.45, 7) is 6.44. The van der Waals surface area contributed by atoms with Gasteiger partial charge in [-0.05, 0) is 83.5 Å². The van der Waals surface area contributed by atoms with E-state index < -0.39 is 6.10 Å². The topological polar surface area (TPSA) is 78.9 Å². The molecule has 6 nitrogen and oxygen atoms in total.